The van der Waals surface area contributed by atoms with Crippen LogP contribution in [0.25, 0.3) is 5.57 Å². The van der Waals surface area contributed by atoms with Crippen LogP contribution in [0.3, 0.4) is 0 Å². The molecule has 2 N–H and O–H groups in total. The summed E-state index contributed by atoms with van der Waals surface area (Å²) in [6, 6.07) is 4.73. The lowest BCUT2D eigenvalue weighted by molar-refractivity contribution is -0.118. The molecular formula is C26H32N4O2. The second-order valence-electron chi connectivity index (χ2n) is 9.28. The minimum atomic E-state index is 0.0378. The number of hydrazine groups is 1. The first-order chi connectivity index (χ1) is 15.6. The molecule has 6 heteroatoms. The molecule has 1 amide bonds. The predicted octanol–water partition coefficient (Wildman–Crippen LogP) is 4.04. The van der Waals surface area contributed by atoms with Gasteiger partial charge in [-0.2, -0.15) is 0 Å². The Morgan fingerprint density at radius 3 is 2.91 bits per heavy atom. The van der Waals surface area contributed by atoms with E-state index in [1.807, 2.05) is 12.1 Å². The Kier molecular flexibility index (Phi) is 5.64. The Morgan fingerprint density at radius 2 is 2.16 bits per heavy atom. The van der Waals surface area contributed by atoms with Crippen LogP contribution < -0.4 is 15.5 Å². The third kappa shape index (κ3) is 3.66. The highest BCUT2D eigenvalue weighted by Gasteiger charge is 2.35. The largest absolute Gasteiger partial charge is 0.472 e. The molecule has 1 fully saturated rings. The quantitative estimate of drug-likeness (QED) is 0.703. The van der Waals surface area contributed by atoms with Gasteiger partial charge in [-0.1, -0.05) is 25.8 Å². The zero-order valence-corrected chi connectivity index (χ0v) is 19.1. The van der Waals surface area contributed by atoms with Crippen LogP contribution in [0.15, 0.2) is 59.0 Å². The van der Waals surface area contributed by atoms with Crippen LogP contribution in [-0.4, -0.2) is 40.6 Å². The summed E-state index contributed by atoms with van der Waals surface area (Å²) in [5.74, 6) is 0.632. The number of carbonyl (C=O) groups excluding carboxylic acids is 1. The van der Waals surface area contributed by atoms with Gasteiger partial charge in [0.15, 0.2) is 0 Å². The number of hydrogen-bond acceptors (Lipinski definition) is 5. The summed E-state index contributed by atoms with van der Waals surface area (Å²) in [6.45, 7) is 6.86. The number of pyridine rings is 1. The van der Waals surface area contributed by atoms with Crippen molar-refractivity contribution in [1.82, 2.24) is 20.7 Å². The second-order valence-corrected chi connectivity index (χ2v) is 9.28. The molecule has 3 heterocycles. The van der Waals surface area contributed by atoms with Crippen LogP contribution in [-0.2, 0) is 4.79 Å². The Hall–Kier alpha value is -2.86. The molecule has 1 atom stereocenters. The van der Waals surface area contributed by atoms with Crippen molar-refractivity contribution in [2.75, 3.05) is 6.61 Å². The van der Waals surface area contributed by atoms with E-state index in [0.29, 0.717) is 24.9 Å². The second kappa shape index (κ2) is 8.58. The Bertz CT molecular complexity index is 1040. The number of carbonyl (C=O) groups is 1. The van der Waals surface area contributed by atoms with Gasteiger partial charge >= 0.3 is 0 Å². The highest BCUT2D eigenvalue weighted by Crippen LogP contribution is 2.43. The molecule has 5 rings (SSSR count). The third-order valence-electron chi connectivity index (χ3n) is 6.89. The van der Waals surface area contributed by atoms with Crippen molar-refractivity contribution in [3.05, 3.63) is 64.5 Å². The fourth-order valence-corrected chi connectivity index (χ4v) is 5.25. The summed E-state index contributed by atoms with van der Waals surface area (Å²) < 4.78 is 6.16. The van der Waals surface area contributed by atoms with E-state index < -0.39 is 0 Å². The summed E-state index contributed by atoms with van der Waals surface area (Å²) in [5.41, 5.74) is 9.44. The van der Waals surface area contributed by atoms with E-state index in [1.165, 1.54) is 18.4 Å². The molecule has 1 saturated carbocycles. The first-order valence-corrected chi connectivity index (χ1v) is 11.9. The van der Waals surface area contributed by atoms with Crippen LogP contribution in [0.4, 0.5) is 0 Å². The molecule has 0 radical (unpaired) electrons. The number of hydrogen-bond donors (Lipinski definition) is 2. The Balaban J connectivity index is 1.63. The lowest BCUT2D eigenvalue weighted by Gasteiger charge is -2.31. The van der Waals surface area contributed by atoms with E-state index in [9.17, 15) is 4.79 Å². The van der Waals surface area contributed by atoms with E-state index >= 15 is 0 Å². The van der Waals surface area contributed by atoms with Crippen LogP contribution in [0, 0.1) is 0 Å². The zero-order valence-electron chi connectivity index (χ0n) is 19.1. The molecule has 168 valence electrons. The molecule has 0 bridgehead atoms. The number of allylic oxidation sites excluding steroid dienone is 1. The standard InChI is InChI=1S/C26H32N4O2/c1-4-20(25(31)29-19-8-5-6-9-19)24-21-10-7-11-27-26(21)32-15-18-13-23-17(12-22(18)24)14-28-30(23)16(2)3/h7,10-14,16,19,23,28H,4-6,8-9,15H2,1-3H3,(H,29,31)/b24-20+. The molecule has 0 saturated heterocycles. The van der Waals surface area contributed by atoms with E-state index in [2.05, 4.69) is 59.9 Å². The minimum Gasteiger partial charge on any atom is -0.472 e. The maximum atomic E-state index is 13.5. The lowest BCUT2D eigenvalue weighted by atomic mass is 9.82. The molecular weight excluding hydrogens is 400 g/mol. The van der Waals surface area contributed by atoms with Crippen LogP contribution in [0.1, 0.15) is 58.4 Å². The summed E-state index contributed by atoms with van der Waals surface area (Å²) in [7, 11) is 0. The smallest absolute Gasteiger partial charge is 0.248 e. The predicted molar refractivity (Wildman–Crippen MR) is 125 cm³/mol. The summed E-state index contributed by atoms with van der Waals surface area (Å²) in [5, 5.41) is 5.54. The summed E-state index contributed by atoms with van der Waals surface area (Å²) in [4.78, 5) is 18.0. The van der Waals surface area contributed by atoms with Crippen LogP contribution in [0.5, 0.6) is 5.88 Å². The fourth-order valence-electron chi connectivity index (χ4n) is 5.25. The molecule has 2 aliphatic heterocycles. The highest BCUT2D eigenvalue weighted by atomic mass is 16.5. The maximum absolute atomic E-state index is 13.5. The number of rotatable bonds is 4. The van der Waals surface area contributed by atoms with E-state index in [4.69, 9.17) is 4.74 Å². The number of ether oxygens (including phenoxy) is 1. The van der Waals surface area contributed by atoms with Gasteiger partial charge in [0.25, 0.3) is 0 Å². The average Bonchev–Trinajstić information content (AvgIpc) is 3.41. The summed E-state index contributed by atoms with van der Waals surface area (Å²) >= 11 is 0. The van der Waals surface area contributed by atoms with Crippen molar-refractivity contribution in [1.29, 1.82) is 0 Å². The topological polar surface area (TPSA) is 66.5 Å². The molecule has 4 aliphatic rings. The van der Waals surface area contributed by atoms with Crippen molar-refractivity contribution in [3.8, 4) is 5.88 Å². The number of nitrogens with zero attached hydrogens (tertiary/aromatic N) is 2. The normalized spacial score (nSPS) is 24.2. The number of aromatic nitrogens is 1. The molecule has 32 heavy (non-hydrogen) atoms. The van der Waals surface area contributed by atoms with Crippen molar-refractivity contribution < 1.29 is 9.53 Å². The molecule has 1 unspecified atom stereocenters. The maximum Gasteiger partial charge on any atom is 0.248 e. The van der Waals surface area contributed by atoms with Gasteiger partial charge in [0.05, 0.1) is 6.04 Å². The van der Waals surface area contributed by atoms with Crippen molar-refractivity contribution in [2.45, 2.75) is 71.0 Å². The van der Waals surface area contributed by atoms with E-state index in [0.717, 1.165) is 40.7 Å². The monoisotopic (exact) mass is 432 g/mol. The van der Waals surface area contributed by atoms with Crippen LogP contribution in [0.2, 0.25) is 0 Å². The molecule has 2 aliphatic carbocycles. The highest BCUT2D eigenvalue weighted by molar-refractivity contribution is 6.06. The van der Waals surface area contributed by atoms with Gasteiger partial charge in [0.2, 0.25) is 11.8 Å². The van der Waals surface area contributed by atoms with Gasteiger partial charge in [-0.3, -0.25) is 4.79 Å². The van der Waals surface area contributed by atoms with Gasteiger partial charge in [0.1, 0.15) is 6.61 Å². The van der Waals surface area contributed by atoms with Gasteiger partial charge in [0, 0.05) is 41.2 Å². The average molecular weight is 433 g/mol. The van der Waals surface area contributed by atoms with Gasteiger partial charge in [-0.25, -0.2) is 9.99 Å². The summed E-state index contributed by atoms with van der Waals surface area (Å²) in [6.07, 6.45) is 13.5. The van der Waals surface area contributed by atoms with Crippen molar-refractivity contribution >= 4 is 11.5 Å². The Labute approximate surface area is 190 Å². The van der Waals surface area contributed by atoms with E-state index in [1.54, 1.807) is 6.20 Å². The van der Waals surface area contributed by atoms with Crippen molar-refractivity contribution in [3.63, 3.8) is 0 Å². The molecule has 0 spiro atoms. The third-order valence-corrected chi connectivity index (χ3v) is 6.89. The van der Waals surface area contributed by atoms with Crippen molar-refractivity contribution in [2.24, 2.45) is 0 Å². The van der Waals surface area contributed by atoms with Crippen LogP contribution >= 0.6 is 0 Å². The number of amides is 1. The first kappa shape index (κ1) is 21.0. The van der Waals surface area contributed by atoms with Gasteiger partial charge < -0.3 is 15.5 Å². The Morgan fingerprint density at radius 1 is 1.34 bits per heavy atom. The first-order valence-electron chi connectivity index (χ1n) is 11.9. The SMILES string of the molecule is CC/C(C(=O)NC1CCCC1)=C1\C2=CC3=CNN(C(C)C)C3C=C2COc2ncccc21. The number of nitrogens with one attached hydrogen (secondary N) is 2. The lowest BCUT2D eigenvalue weighted by Crippen LogP contribution is -2.43. The number of fused-ring (bicyclic) bond motifs is 3. The molecule has 1 aromatic rings. The molecule has 0 aromatic carbocycles. The molecule has 1 aromatic heterocycles. The van der Waals surface area contributed by atoms with Gasteiger partial charge in [-0.15, -0.1) is 0 Å². The van der Waals surface area contributed by atoms with Gasteiger partial charge in [-0.05, 0) is 68.0 Å². The molecule has 6 nitrogen and oxygen atoms in total. The van der Waals surface area contributed by atoms with E-state index in [-0.39, 0.29) is 18.0 Å². The zero-order chi connectivity index (χ0) is 22.2. The fraction of sp³-hybridized carbons (Fsp3) is 0.462. The minimum absolute atomic E-state index is 0.0378.